The lowest BCUT2D eigenvalue weighted by molar-refractivity contribution is 0.0315. The van der Waals surface area contributed by atoms with Gasteiger partial charge in [0.2, 0.25) is 0 Å². The van der Waals surface area contributed by atoms with Crippen molar-refractivity contribution in [3.8, 4) is 0 Å². The molecule has 1 nitrogen and oxygen atoms in total. The van der Waals surface area contributed by atoms with Gasteiger partial charge in [0.1, 0.15) is 0 Å². The van der Waals surface area contributed by atoms with Gasteiger partial charge in [-0.3, -0.25) is 0 Å². The summed E-state index contributed by atoms with van der Waals surface area (Å²) in [5, 5.41) is 10.4. The fourth-order valence-corrected chi connectivity index (χ4v) is 1.77. The van der Waals surface area contributed by atoms with Crippen LogP contribution in [0, 0.1) is 5.92 Å². The third kappa shape index (κ3) is 1.51. The van der Waals surface area contributed by atoms with Crippen LogP contribution in [0.1, 0.15) is 12.5 Å². The Balaban J connectivity index is 2.32. The lowest BCUT2D eigenvalue weighted by Gasteiger charge is -2.28. The van der Waals surface area contributed by atoms with Gasteiger partial charge in [-0.1, -0.05) is 54.6 Å². The summed E-state index contributed by atoms with van der Waals surface area (Å²) in [7, 11) is 0. The molecule has 1 aromatic rings. The summed E-state index contributed by atoms with van der Waals surface area (Å²) in [6, 6.07) is 9.78. The van der Waals surface area contributed by atoms with E-state index >= 15 is 0 Å². The number of aliphatic hydroxyl groups is 1. The lowest BCUT2D eigenvalue weighted by atomic mass is 9.84. The summed E-state index contributed by atoms with van der Waals surface area (Å²) in [6.07, 6.45) is 7.99. The Morgan fingerprint density at radius 3 is 2.21 bits per heavy atom. The first-order chi connectivity index (χ1) is 6.71. The third-order valence-corrected chi connectivity index (χ3v) is 2.76. The highest BCUT2D eigenvalue weighted by Gasteiger charge is 2.30. The highest BCUT2D eigenvalue weighted by molar-refractivity contribution is 5.30. The molecule has 14 heavy (non-hydrogen) atoms. The predicted octanol–water partition coefficient (Wildman–Crippen LogP) is 2.64. The summed E-state index contributed by atoms with van der Waals surface area (Å²) < 4.78 is 0. The van der Waals surface area contributed by atoms with Crippen molar-refractivity contribution in [3.63, 3.8) is 0 Å². The van der Waals surface area contributed by atoms with E-state index in [0.717, 1.165) is 5.56 Å². The number of allylic oxidation sites excluding steroid dienone is 2. The topological polar surface area (TPSA) is 20.2 Å². The van der Waals surface area contributed by atoms with Crippen molar-refractivity contribution in [2.24, 2.45) is 5.92 Å². The molecule has 0 aliphatic heterocycles. The van der Waals surface area contributed by atoms with E-state index < -0.39 is 5.60 Å². The van der Waals surface area contributed by atoms with E-state index in [-0.39, 0.29) is 5.92 Å². The van der Waals surface area contributed by atoms with Gasteiger partial charge in [-0.2, -0.15) is 0 Å². The van der Waals surface area contributed by atoms with E-state index in [0.29, 0.717) is 0 Å². The van der Waals surface area contributed by atoms with E-state index in [4.69, 9.17) is 0 Å². The van der Waals surface area contributed by atoms with Crippen LogP contribution in [0.25, 0.3) is 0 Å². The van der Waals surface area contributed by atoms with Crippen LogP contribution < -0.4 is 0 Å². The molecule has 0 radical (unpaired) electrons. The Bertz CT molecular complexity index is 348. The second kappa shape index (κ2) is 3.43. The van der Waals surface area contributed by atoms with Gasteiger partial charge in [0.05, 0.1) is 5.60 Å². The van der Waals surface area contributed by atoms with Gasteiger partial charge in [0, 0.05) is 5.92 Å². The zero-order valence-corrected chi connectivity index (χ0v) is 8.22. The molecule has 0 amide bonds. The predicted molar refractivity (Wildman–Crippen MR) is 57.8 cm³/mol. The molecule has 0 bridgehead atoms. The molecule has 0 fully saturated rings. The van der Waals surface area contributed by atoms with Crippen LogP contribution in [0.4, 0.5) is 0 Å². The van der Waals surface area contributed by atoms with Crippen molar-refractivity contribution < 1.29 is 5.11 Å². The molecule has 0 saturated heterocycles. The number of hydrogen-bond acceptors (Lipinski definition) is 1. The molecule has 1 aliphatic rings. The first kappa shape index (κ1) is 9.22. The zero-order chi connectivity index (χ0) is 10.0. The van der Waals surface area contributed by atoms with Crippen molar-refractivity contribution in [3.05, 3.63) is 60.2 Å². The molecule has 72 valence electrons. The van der Waals surface area contributed by atoms with E-state index in [1.165, 1.54) is 0 Å². The molecule has 0 heterocycles. The molecule has 0 saturated carbocycles. The average molecular weight is 186 g/mol. The Hall–Kier alpha value is -1.34. The quantitative estimate of drug-likeness (QED) is 0.752. The SMILES string of the molecule is CC(O)(c1ccccc1)C1C=CC=C1. The molecule has 2 rings (SSSR count). The van der Waals surface area contributed by atoms with E-state index in [2.05, 4.69) is 0 Å². The van der Waals surface area contributed by atoms with Crippen LogP contribution in [0.2, 0.25) is 0 Å². The summed E-state index contributed by atoms with van der Waals surface area (Å²) in [5.41, 5.74) is 0.159. The standard InChI is InChI=1S/C13H14O/c1-13(14,12-9-5-6-10-12)11-7-3-2-4-8-11/h2-10,12,14H,1H3. The maximum Gasteiger partial charge on any atom is 0.0965 e. The second-order valence-electron chi connectivity index (χ2n) is 3.81. The highest BCUT2D eigenvalue weighted by atomic mass is 16.3. The molecular formula is C13H14O. The molecule has 0 spiro atoms. The van der Waals surface area contributed by atoms with Crippen molar-refractivity contribution in [2.45, 2.75) is 12.5 Å². The van der Waals surface area contributed by atoms with Gasteiger partial charge in [-0.25, -0.2) is 0 Å². The van der Waals surface area contributed by atoms with E-state index in [1.54, 1.807) is 0 Å². The van der Waals surface area contributed by atoms with Crippen molar-refractivity contribution in [1.29, 1.82) is 0 Å². The Morgan fingerprint density at radius 2 is 1.64 bits per heavy atom. The van der Waals surface area contributed by atoms with Gasteiger partial charge in [-0.05, 0) is 12.5 Å². The van der Waals surface area contributed by atoms with Crippen molar-refractivity contribution >= 4 is 0 Å². The molecule has 1 unspecified atom stereocenters. The minimum atomic E-state index is -0.801. The molecule has 1 aromatic carbocycles. The third-order valence-electron chi connectivity index (χ3n) is 2.76. The van der Waals surface area contributed by atoms with Crippen LogP contribution in [-0.2, 0) is 5.60 Å². The zero-order valence-electron chi connectivity index (χ0n) is 8.22. The Morgan fingerprint density at radius 1 is 1.07 bits per heavy atom. The molecule has 1 heteroatoms. The first-order valence-corrected chi connectivity index (χ1v) is 4.84. The van der Waals surface area contributed by atoms with E-state index in [9.17, 15) is 5.11 Å². The minimum Gasteiger partial charge on any atom is -0.385 e. The molecule has 1 atom stereocenters. The first-order valence-electron chi connectivity index (χ1n) is 4.84. The van der Waals surface area contributed by atoms with Crippen molar-refractivity contribution in [1.82, 2.24) is 0 Å². The maximum absolute atomic E-state index is 10.4. The summed E-state index contributed by atoms with van der Waals surface area (Å²) in [4.78, 5) is 0. The molecular weight excluding hydrogens is 172 g/mol. The summed E-state index contributed by atoms with van der Waals surface area (Å²) in [5.74, 6) is 0.0879. The minimum absolute atomic E-state index is 0.0879. The molecule has 1 aliphatic carbocycles. The monoisotopic (exact) mass is 186 g/mol. The van der Waals surface area contributed by atoms with E-state index in [1.807, 2.05) is 61.6 Å². The smallest absolute Gasteiger partial charge is 0.0965 e. The second-order valence-corrected chi connectivity index (χ2v) is 3.81. The Labute approximate surface area is 84.4 Å². The molecule has 1 N–H and O–H groups in total. The number of benzene rings is 1. The number of hydrogen-bond donors (Lipinski definition) is 1. The van der Waals surface area contributed by atoms with Crippen LogP contribution in [0.3, 0.4) is 0 Å². The van der Waals surface area contributed by atoms with Crippen molar-refractivity contribution in [2.75, 3.05) is 0 Å². The summed E-state index contributed by atoms with van der Waals surface area (Å²) in [6.45, 7) is 1.85. The largest absolute Gasteiger partial charge is 0.385 e. The maximum atomic E-state index is 10.4. The van der Waals surface area contributed by atoms with Gasteiger partial charge in [-0.15, -0.1) is 0 Å². The lowest BCUT2D eigenvalue weighted by Crippen LogP contribution is -2.28. The van der Waals surface area contributed by atoms with Gasteiger partial charge in [0.25, 0.3) is 0 Å². The molecule has 0 aromatic heterocycles. The average Bonchev–Trinajstić information content (AvgIpc) is 2.72. The van der Waals surface area contributed by atoms with Crippen LogP contribution in [0.5, 0.6) is 0 Å². The normalized spacial score (nSPS) is 19.9. The van der Waals surface area contributed by atoms with Crippen LogP contribution >= 0.6 is 0 Å². The Kier molecular flexibility index (Phi) is 2.26. The van der Waals surface area contributed by atoms with Gasteiger partial charge >= 0.3 is 0 Å². The van der Waals surface area contributed by atoms with Crippen LogP contribution in [-0.4, -0.2) is 5.11 Å². The van der Waals surface area contributed by atoms with Gasteiger partial charge in [0.15, 0.2) is 0 Å². The summed E-state index contributed by atoms with van der Waals surface area (Å²) >= 11 is 0. The fourth-order valence-electron chi connectivity index (χ4n) is 1.77. The fraction of sp³-hybridized carbons (Fsp3) is 0.231. The van der Waals surface area contributed by atoms with Gasteiger partial charge < -0.3 is 5.11 Å². The highest BCUT2D eigenvalue weighted by Crippen LogP contribution is 2.32. The number of rotatable bonds is 2. The van der Waals surface area contributed by atoms with Crippen LogP contribution in [0.15, 0.2) is 54.6 Å².